The van der Waals surface area contributed by atoms with Gasteiger partial charge in [0.05, 0.1) is 6.61 Å². The number of halogens is 1. The van der Waals surface area contributed by atoms with Gasteiger partial charge in [-0.3, -0.25) is 0 Å². The van der Waals surface area contributed by atoms with Gasteiger partial charge in [-0.15, -0.1) is 0 Å². The molecule has 0 atom stereocenters. The van der Waals surface area contributed by atoms with Gasteiger partial charge in [0, 0.05) is 11.1 Å². The fourth-order valence-corrected chi connectivity index (χ4v) is 1.38. The molecule has 3 heteroatoms. The van der Waals surface area contributed by atoms with Gasteiger partial charge in [0.1, 0.15) is 0 Å². The molecule has 2 nitrogen and oxygen atoms in total. The van der Waals surface area contributed by atoms with E-state index in [0.29, 0.717) is 6.61 Å². The number of nitrogens with two attached hydrogens (primary N) is 1. The molecule has 0 aliphatic rings. The van der Waals surface area contributed by atoms with Crippen LogP contribution in [0.25, 0.3) is 0 Å². The highest BCUT2D eigenvalue weighted by molar-refractivity contribution is 9.10. The van der Waals surface area contributed by atoms with E-state index >= 15 is 0 Å². The molecule has 0 saturated heterocycles. The highest BCUT2D eigenvalue weighted by Crippen LogP contribution is 2.11. The standard InChI is InChI=1S/C11H16BrNO/c12-11-5-3-10(4-6-11)9-14-8-2-1-7-13/h3-6H,1-2,7-9,13H2. The molecular weight excluding hydrogens is 242 g/mol. The molecular formula is C11H16BrNO. The van der Waals surface area contributed by atoms with Crippen LogP contribution in [-0.2, 0) is 11.3 Å². The second-order valence-corrected chi connectivity index (χ2v) is 4.09. The normalized spacial score (nSPS) is 10.4. The zero-order valence-corrected chi connectivity index (χ0v) is 9.79. The summed E-state index contributed by atoms with van der Waals surface area (Å²) >= 11 is 3.39. The smallest absolute Gasteiger partial charge is 0.0716 e. The molecule has 14 heavy (non-hydrogen) atoms. The van der Waals surface area contributed by atoms with E-state index in [-0.39, 0.29) is 0 Å². The van der Waals surface area contributed by atoms with Gasteiger partial charge in [-0.2, -0.15) is 0 Å². The summed E-state index contributed by atoms with van der Waals surface area (Å²) in [5.41, 5.74) is 6.59. The van der Waals surface area contributed by atoms with Crippen molar-refractivity contribution in [3.63, 3.8) is 0 Å². The van der Waals surface area contributed by atoms with Crippen LogP contribution in [0.15, 0.2) is 28.7 Å². The molecule has 78 valence electrons. The first-order chi connectivity index (χ1) is 6.83. The van der Waals surface area contributed by atoms with E-state index in [0.717, 1.165) is 30.5 Å². The lowest BCUT2D eigenvalue weighted by molar-refractivity contribution is 0.117. The highest BCUT2D eigenvalue weighted by Gasteiger charge is 1.93. The third-order valence-electron chi connectivity index (χ3n) is 1.92. The summed E-state index contributed by atoms with van der Waals surface area (Å²) in [7, 11) is 0. The number of ether oxygens (including phenoxy) is 1. The molecule has 1 rings (SSSR count). The zero-order chi connectivity index (χ0) is 10.2. The first kappa shape index (κ1) is 11.7. The third kappa shape index (κ3) is 4.74. The Balaban J connectivity index is 2.15. The van der Waals surface area contributed by atoms with Crippen molar-refractivity contribution in [2.45, 2.75) is 19.4 Å². The molecule has 0 fully saturated rings. The number of benzene rings is 1. The van der Waals surface area contributed by atoms with E-state index in [1.54, 1.807) is 0 Å². The minimum absolute atomic E-state index is 0.692. The van der Waals surface area contributed by atoms with Gasteiger partial charge in [-0.25, -0.2) is 0 Å². The topological polar surface area (TPSA) is 35.2 Å². The van der Waals surface area contributed by atoms with Gasteiger partial charge in [0.2, 0.25) is 0 Å². The maximum atomic E-state index is 5.49. The Morgan fingerprint density at radius 3 is 2.50 bits per heavy atom. The molecule has 1 aromatic carbocycles. The Labute approximate surface area is 93.6 Å². The molecule has 0 aliphatic carbocycles. The van der Waals surface area contributed by atoms with Crippen molar-refractivity contribution in [3.8, 4) is 0 Å². The summed E-state index contributed by atoms with van der Waals surface area (Å²) in [4.78, 5) is 0. The van der Waals surface area contributed by atoms with Crippen LogP contribution in [0.5, 0.6) is 0 Å². The predicted molar refractivity (Wildman–Crippen MR) is 62.1 cm³/mol. The van der Waals surface area contributed by atoms with Crippen LogP contribution in [0.2, 0.25) is 0 Å². The Bertz CT molecular complexity index is 248. The number of hydrogen-bond donors (Lipinski definition) is 1. The fourth-order valence-electron chi connectivity index (χ4n) is 1.12. The van der Waals surface area contributed by atoms with E-state index in [9.17, 15) is 0 Å². The van der Waals surface area contributed by atoms with E-state index in [2.05, 4.69) is 28.1 Å². The maximum absolute atomic E-state index is 5.49. The van der Waals surface area contributed by atoms with Crippen LogP contribution in [-0.4, -0.2) is 13.2 Å². The average Bonchev–Trinajstić information content (AvgIpc) is 2.21. The monoisotopic (exact) mass is 257 g/mol. The molecule has 1 aromatic rings. The summed E-state index contributed by atoms with van der Waals surface area (Å²) in [6, 6.07) is 8.18. The molecule has 0 amide bonds. The zero-order valence-electron chi connectivity index (χ0n) is 8.21. The Kier molecular flexibility index (Phi) is 5.83. The first-order valence-electron chi connectivity index (χ1n) is 4.85. The van der Waals surface area contributed by atoms with Crippen LogP contribution in [0.1, 0.15) is 18.4 Å². The molecule has 0 spiro atoms. The lowest BCUT2D eigenvalue weighted by Crippen LogP contribution is -2.01. The van der Waals surface area contributed by atoms with Crippen molar-refractivity contribution in [1.82, 2.24) is 0 Å². The van der Waals surface area contributed by atoms with E-state index < -0.39 is 0 Å². The minimum atomic E-state index is 0.692. The Morgan fingerprint density at radius 1 is 1.14 bits per heavy atom. The minimum Gasteiger partial charge on any atom is -0.377 e. The van der Waals surface area contributed by atoms with E-state index in [4.69, 9.17) is 10.5 Å². The maximum Gasteiger partial charge on any atom is 0.0716 e. The van der Waals surface area contributed by atoms with Crippen LogP contribution in [0.4, 0.5) is 0 Å². The quantitative estimate of drug-likeness (QED) is 0.796. The van der Waals surface area contributed by atoms with E-state index in [1.165, 1.54) is 5.56 Å². The molecule has 0 aromatic heterocycles. The second kappa shape index (κ2) is 6.98. The Hall–Kier alpha value is -0.380. The highest BCUT2D eigenvalue weighted by atomic mass is 79.9. The SMILES string of the molecule is NCCCCOCc1ccc(Br)cc1. The second-order valence-electron chi connectivity index (χ2n) is 3.17. The summed E-state index contributed by atoms with van der Waals surface area (Å²) in [5.74, 6) is 0. The van der Waals surface area contributed by atoms with Crippen LogP contribution in [0, 0.1) is 0 Å². The van der Waals surface area contributed by atoms with Crippen molar-refractivity contribution in [2.75, 3.05) is 13.2 Å². The molecule has 0 heterocycles. The van der Waals surface area contributed by atoms with Crippen LogP contribution < -0.4 is 5.73 Å². The van der Waals surface area contributed by atoms with Gasteiger partial charge in [-0.1, -0.05) is 28.1 Å². The van der Waals surface area contributed by atoms with Crippen molar-refractivity contribution < 1.29 is 4.74 Å². The summed E-state index contributed by atoms with van der Waals surface area (Å²) < 4.78 is 6.59. The first-order valence-corrected chi connectivity index (χ1v) is 5.64. The average molecular weight is 258 g/mol. The summed E-state index contributed by atoms with van der Waals surface area (Å²) in [6.07, 6.45) is 2.09. The van der Waals surface area contributed by atoms with Gasteiger partial charge >= 0.3 is 0 Å². The lowest BCUT2D eigenvalue weighted by Gasteiger charge is -2.03. The van der Waals surface area contributed by atoms with Crippen LogP contribution >= 0.6 is 15.9 Å². The largest absolute Gasteiger partial charge is 0.377 e. The molecule has 0 aliphatic heterocycles. The molecule has 0 unspecified atom stereocenters. The number of unbranched alkanes of at least 4 members (excludes halogenated alkanes) is 1. The van der Waals surface area contributed by atoms with Crippen molar-refractivity contribution in [1.29, 1.82) is 0 Å². The number of hydrogen-bond acceptors (Lipinski definition) is 2. The van der Waals surface area contributed by atoms with Crippen molar-refractivity contribution >= 4 is 15.9 Å². The predicted octanol–water partition coefficient (Wildman–Crippen LogP) is 2.70. The van der Waals surface area contributed by atoms with E-state index in [1.807, 2.05) is 12.1 Å². The fraction of sp³-hybridized carbons (Fsp3) is 0.455. The van der Waals surface area contributed by atoms with Gasteiger partial charge in [0.15, 0.2) is 0 Å². The lowest BCUT2D eigenvalue weighted by atomic mass is 10.2. The molecule has 0 saturated carbocycles. The molecule has 0 radical (unpaired) electrons. The van der Waals surface area contributed by atoms with Crippen molar-refractivity contribution in [3.05, 3.63) is 34.3 Å². The molecule has 2 N–H and O–H groups in total. The summed E-state index contributed by atoms with van der Waals surface area (Å²) in [6.45, 7) is 2.24. The van der Waals surface area contributed by atoms with Gasteiger partial charge < -0.3 is 10.5 Å². The van der Waals surface area contributed by atoms with Crippen molar-refractivity contribution in [2.24, 2.45) is 5.73 Å². The van der Waals surface area contributed by atoms with Gasteiger partial charge in [-0.05, 0) is 37.1 Å². The third-order valence-corrected chi connectivity index (χ3v) is 2.45. The van der Waals surface area contributed by atoms with Crippen LogP contribution in [0.3, 0.4) is 0 Å². The van der Waals surface area contributed by atoms with Gasteiger partial charge in [0.25, 0.3) is 0 Å². The molecule has 0 bridgehead atoms. The number of rotatable bonds is 6. The Morgan fingerprint density at radius 2 is 1.86 bits per heavy atom. The summed E-state index contributed by atoms with van der Waals surface area (Å²) in [5, 5.41) is 0.